The molecule has 0 saturated carbocycles. The molecule has 2 aliphatic heterocycles. The van der Waals surface area contributed by atoms with Gasteiger partial charge in [0.2, 0.25) is 17.8 Å². The number of hydrogen-bond donors (Lipinski definition) is 5. The largest absolute Gasteiger partial charge is 0.506 e. The first kappa shape index (κ1) is 34.3. The number of aromatic nitrogens is 3. The number of phenolic OH excluding ortho intramolecular Hbond substituents is 1. The van der Waals surface area contributed by atoms with Gasteiger partial charge >= 0.3 is 0 Å². The Labute approximate surface area is 246 Å². The van der Waals surface area contributed by atoms with E-state index < -0.39 is 0 Å². The standard InChI is InChI=1S/C27H33N7O2.ClH.2H3N.H2O.3H2/c1-19-8-10-20(11-9-19)24(36)29-22-13-12-21(18-23(22)35)28-25-30-26(33-14-4-2-5-15-33)32-27(31-25)34-16-6-3-7-17-34;;;;;;;/h8-13,18,35H,2-7,14-17H2,1H3,(H,29,36)(H,28,30,31,32);1H;2*1H3;1H2;3*1H. The first-order valence-corrected chi connectivity index (χ1v) is 12.8. The van der Waals surface area contributed by atoms with Crippen molar-refractivity contribution in [1.82, 2.24) is 27.3 Å². The highest BCUT2D eigenvalue weighted by Gasteiger charge is 2.20. The lowest BCUT2D eigenvalue weighted by atomic mass is 10.1. The van der Waals surface area contributed by atoms with Crippen LogP contribution in [-0.4, -0.2) is 57.6 Å². The maximum Gasteiger partial charge on any atom is 0.255 e. The zero-order valence-electron chi connectivity index (χ0n) is 23.0. The molecule has 11 N–H and O–H groups in total. The Hall–Kier alpha value is -3.71. The SMILES string of the molecule is Cc1ccc(C(=O)Nc2ccc(Nc3nc(N4CCCCC4)nc(N4CCCCC4)n3)cc2O)cc1.Cl.N.N.O.[HH].[HH].[HH]. The van der Waals surface area contributed by atoms with Gasteiger partial charge < -0.3 is 43.3 Å². The Bertz CT molecular complexity index is 1200. The summed E-state index contributed by atoms with van der Waals surface area (Å²) in [5, 5.41) is 16.6. The van der Waals surface area contributed by atoms with Crippen molar-refractivity contribution in [2.24, 2.45) is 0 Å². The van der Waals surface area contributed by atoms with E-state index in [1.165, 1.54) is 12.8 Å². The zero-order chi connectivity index (χ0) is 24.9. The van der Waals surface area contributed by atoms with Crippen molar-refractivity contribution in [2.75, 3.05) is 46.6 Å². The first-order chi connectivity index (χ1) is 17.5. The number of anilines is 5. The fourth-order valence-electron chi connectivity index (χ4n) is 4.62. The van der Waals surface area contributed by atoms with Gasteiger partial charge in [-0.15, -0.1) is 12.4 Å². The molecule has 2 fully saturated rings. The molecule has 2 saturated heterocycles. The molecule has 0 atom stereocenters. The minimum atomic E-state index is -0.277. The second-order valence-corrected chi connectivity index (χ2v) is 9.53. The molecule has 0 spiro atoms. The van der Waals surface area contributed by atoms with Crippen molar-refractivity contribution in [3.05, 3.63) is 53.6 Å². The van der Waals surface area contributed by atoms with Crippen LogP contribution in [0, 0.1) is 6.92 Å². The van der Waals surface area contributed by atoms with Crippen molar-refractivity contribution in [3.8, 4) is 5.75 Å². The Kier molecular flexibility index (Phi) is 13.5. The number of nitrogens with one attached hydrogen (secondary N) is 2. The Morgan fingerprint density at radius 2 is 1.35 bits per heavy atom. The summed E-state index contributed by atoms with van der Waals surface area (Å²) in [6, 6.07) is 12.3. The minimum Gasteiger partial charge on any atom is -0.506 e. The molecule has 1 amide bonds. The third-order valence-electron chi connectivity index (χ3n) is 6.71. The Balaban J connectivity index is -0.00000229. The number of piperidine rings is 2. The van der Waals surface area contributed by atoms with E-state index in [1.807, 2.05) is 19.1 Å². The molecule has 0 aliphatic carbocycles. The number of carbonyl (C=O) groups is 1. The topological polar surface area (TPSA) is 208 Å². The van der Waals surface area contributed by atoms with Crippen LogP contribution in [-0.2, 0) is 0 Å². The lowest BCUT2D eigenvalue weighted by Crippen LogP contribution is -2.34. The molecule has 3 aromatic rings. The van der Waals surface area contributed by atoms with Gasteiger partial charge in [0, 0.05) is 47.8 Å². The minimum absolute atomic E-state index is 0. The summed E-state index contributed by atoms with van der Waals surface area (Å²) < 4.78 is 0. The molecule has 0 bridgehead atoms. The second-order valence-electron chi connectivity index (χ2n) is 9.53. The van der Waals surface area contributed by atoms with Crippen LogP contribution in [0.25, 0.3) is 0 Å². The average Bonchev–Trinajstić information content (AvgIpc) is 2.91. The van der Waals surface area contributed by atoms with Crippen LogP contribution in [0.1, 0.15) is 58.7 Å². The molecule has 1 aromatic heterocycles. The normalized spacial score (nSPS) is 14.4. The van der Waals surface area contributed by atoms with Crippen molar-refractivity contribution in [2.45, 2.75) is 45.4 Å². The third-order valence-corrected chi connectivity index (χ3v) is 6.71. The van der Waals surface area contributed by atoms with Crippen LogP contribution in [0.15, 0.2) is 42.5 Å². The highest BCUT2D eigenvalue weighted by Crippen LogP contribution is 2.30. The summed E-state index contributed by atoms with van der Waals surface area (Å²) >= 11 is 0. The molecule has 12 nitrogen and oxygen atoms in total. The number of aromatic hydroxyl groups is 1. The molecule has 3 heterocycles. The van der Waals surface area contributed by atoms with E-state index in [2.05, 4.69) is 20.4 Å². The van der Waals surface area contributed by atoms with E-state index in [4.69, 9.17) is 15.0 Å². The number of carbonyl (C=O) groups excluding carboxylic acids is 1. The number of amides is 1. The molecule has 2 aromatic carbocycles. The lowest BCUT2D eigenvalue weighted by molar-refractivity contribution is 0.102. The van der Waals surface area contributed by atoms with Crippen LogP contribution in [0.2, 0.25) is 0 Å². The lowest BCUT2D eigenvalue weighted by Gasteiger charge is -2.30. The monoisotopic (exact) mass is 581 g/mol. The molecule has 0 unspecified atom stereocenters. The van der Waals surface area contributed by atoms with Crippen molar-refractivity contribution < 1.29 is 19.7 Å². The van der Waals surface area contributed by atoms with Crippen molar-refractivity contribution in [1.29, 1.82) is 0 Å². The van der Waals surface area contributed by atoms with E-state index in [9.17, 15) is 9.90 Å². The van der Waals surface area contributed by atoms with E-state index in [0.717, 1.165) is 57.4 Å². The average molecular weight is 582 g/mol. The smallest absolute Gasteiger partial charge is 0.255 e. The molecular formula is C27H48ClN9O3. The maximum absolute atomic E-state index is 12.6. The van der Waals surface area contributed by atoms with E-state index in [0.29, 0.717) is 34.8 Å². The van der Waals surface area contributed by atoms with E-state index in [1.54, 1.807) is 30.3 Å². The first-order valence-electron chi connectivity index (χ1n) is 12.8. The van der Waals surface area contributed by atoms with Gasteiger partial charge in [-0.05, 0) is 69.7 Å². The predicted octanol–water partition coefficient (Wildman–Crippen LogP) is 5.52. The fourth-order valence-corrected chi connectivity index (χ4v) is 4.62. The second kappa shape index (κ2) is 15.8. The van der Waals surface area contributed by atoms with Gasteiger partial charge in [0.15, 0.2) is 0 Å². The van der Waals surface area contributed by atoms with Gasteiger partial charge in [-0.25, -0.2) is 0 Å². The summed E-state index contributed by atoms with van der Waals surface area (Å²) in [6.45, 7) is 5.74. The van der Waals surface area contributed by atoms with Crippen LogP contribution >= 0.6 is 12.4 Å². The highest BCUT2D eigenvalue weighted by molar-refractivity contribution is 6.05. The fraction of sp³-hybridized carbons (Fsp3) is 0.407. The number of nitrogens with zero attached hydrogens (tertiary/aromatic N) is 5. The molecule has 2 aliphatic rings. The van der Waals surface area contributed by atoms with Crippen LogP contribution < -0.4 is 32.7 Å². The van der Waals surface area contributed by atoms with Gasteiger partial charge in [-0.1, -0.05) is 17.7 Å². The van der Waals surface area contributed by atoms with Crippen LogP contribution in [0.5, 0.6) is 5.75 Å². The predicted molar refractivity (Wildman–Crippen MR) is 170 cm³/mol. The Morgan fingerprint density at radius 1 is 0.825 bits per heavy atom. The summed E-state index contributed by atoms with van der Waals surface area (Å²) in [5.41, 5.74) is 2.57. The highest BCUT2D eigenvalue weighted by atomic mass is 35.5. The van der Waals surface area contributed by atoms with Gasteiger partial charge in [0.05, 0.1) is 5.69 Å². The van der Waals surface area contributed by atoms with Gasteiger partial charge in [-0.2, -0.15) is 15.0 Å². The van der Waals surface area contributed by atoms with Gasteiger partial charge in [0.1, 0.15) is 5.75 Å². The van der Waals surface area contributed by atoms with Crippen LogP contribution in [0.4, 0.5) is 29.2 Å². The summed E-state index contributed by atoms with van der Waals surface area (Å²) in [4.78, 5) is 31.2. The molecule has 226 valence electrons. The Morgan fingerprint density at radius 3 is 1.85 bits per heavy atom. The number of benzene rings is 2. The molecule has 0 radical (unpaired) electrons. The maximum atomic E-state index is 12.6. The number of halogens is 1. The number of phenols is 1. The molecule has 13 heteroatoms. The van der Waals surface area contributed by atoms with E-state index >= 15 is 0 Å². The summed E-state index contributed by atoms with van der Waals surface area (Å²) in [5.74, 6) is 1.52. The van der Waals surface area contributed by atoms with E-state index in [-0.39, 0.29) is 46.1 Å². The third kappa shape index (κ3) is 8.39. The molecule has 5 rings (SSSR count). The number of hydrogen-bond acceptors (Lipinski definition) is 10. The van der Waals surface area contributed by atoms with Crippen molar-refractivity contribution in [3.63, 3.8) is 0 Å². The van der Waals surface area contributed by atoms with Gasteiger partial charge in [-0.3, -0.25) is 4.79 Å². The summed E-state index contributed by atoms with van der Waals surface area (Å²) in [6.07, 6.45) is 7.01. The molecule has 40 heavy (non-hydrogen) atoms. The summed E-state index contributed by atoms with van der Waals surface area (Å²) in [7, 11) is 0. The van der Waals surface area contributed by atoms with Crippen molar-refractivity contribution >= 4 is 47.5 Å². The number of rotatable bonds is 6. The number of aryl methyl sites for hydroxylation is 1. The molecular weight excluding hydrogens is 534 g/mol. The quantitative estimate of drug-likeness (QED) is 0.230. The van der Waals surface area contributed by atoms with Gasteiger partial charge in [0.25, 0.3) is 5.91 Å². The van der Waals surface area contributed by atoms with Crippen LogP contribution in [0.3, 0.4) is 0 Å². The zero-order valence-corrected chi connectivity index (χ0v) is 23.8.